The minimum absolute atomic E-state index is 0.0668. The average Bonchev–Trinajstić information content (AvgIpc) is 2.48. The molecule has 0 saturated heterocycles. The first-order valence-corrected chi connectivity index (χ1v) is 7.69. The van der Waals surface area contributed by atoms with E-state index >= 15 is 0 Å². The van der Waals surface area contributed by atoms with Gasteiger partial charge in [-0.3, -0.25) is 0 Å². The van der Waals surface area contributed by atoms with Crippen molar-refractivity contribution in [2.24, 2.45) is 0 Å². The number of aliphatic hydroxyl groups excluding tert-OH is 1. The molecule has 0 spiro atoms. The zero-order valence-corrected chi connectivity index (χ0v) is 13.2. The van der Waals surface area contributed by atoms with Gasteiger partial charge in [0.1, 0.15) is 0 Å². The van der Waals surface area contributed by atoms with Crippen LogP contribution in [0.2, 0.25) is 0 Å². The molecule has 0 bridgehead atoms. The van der Waals surface area contributed by atoms with Gasteiger partial charge in [0.15, 0.2) is 0 Å². The molecule has 2 N–H and O–H groups in total. The van der Waals surface area contributed by atoms with Crippen LogP contribution < -0.4 is 5.32 Å². The lowest BCUT2D eigenvalue weighted by Crippen LogP contribution is -2.39. The van der Waals surface area contributed by atoms with Gasteiger partial charge < -0.3 is 10.4 Å². The Balaban J connectivity index is 2.37. The van der Waals surface area contributed by atoms with Crippen LogP contribution in [0.4, 0.5) is 5.69 Å². The number of nitrogens with one attached hydrogen (secondary N) is 1. The molecule has 0 radical (unpaired) electrons. The molecule has 2 aromatic rings. The fourth-order valence-corrected chi connectivity index (χ4v) is 2.91. The van der Waals surface area contributed by atoms with Crippen molar-refractivity contribution in [2.45, 2.75) is 25.3 Å². The summed E-state index contributed by atoms with van der Waals surface area (Å²) in [5, 5.41) is 13.5. The minimum Gasteiger partial charge on any atom is -0.394 e. The van der Waals surface area contributed by atoms with Crippen molar-refractivity contribution in [3.05, 3.63) is 64.6 Å². The highest BCUT2D eigenvalue weighted by Gasteiger charge is 2.30. The number of hydrogen-bond donors (Lipinski definition) is 2. The zero-order chi connectivity index (χ0) is 14.4. The van der Waals surface area contributed by atoms with Gasteiger partial charge in [-0.05, 0) is 30.2 Å². The molecule has 0 saturated carbocycles. The summed E-state index contributed by atoms with van der Waals surface area (Å²) in [6.07, 6.45) is 1.87. The van der Waals surface area contributed by atoms with Crippen LogP contribution in [0, 0.1) is 0 Å². The van der Waals surface area contributed by atoms with Gasteiger partial charge in [-0.1, -0.05) is 65.7 Å². The van der Waals surface area contributed by atoms with Gasteiger partial charge in [0.25, 0.3) is 0 Å². The molecule has 1 unspecified atom stereocenters. The second-order valence-electron chi connectivity index (χ2n) is 4.99. The predicted molar refractivity (Wildman–Crippen MR) is 87.9 cm³/mol. The number of hydrogen-bond acceptors (Lipinski definition) is 2. The lowest BCUT2D eigenvalue weighted by molar-refractivity contribution is 0.202. The Morgan fingerprint density at radius 2 is 1.85 bits per heavy atom. The van der Waals surface area contributed by atoms with Crippen LogP contribution in [-0.4, -0.2) is 11.7 Å². The molecule has 2 aromatic carbocycles. The van der Waals surface area contributed by atoms with E-state index in [1.165, 1.54) is 0 Å². The van der Waals surface area contributed by atoms with Crippen molar-refractivity contribution in [1.29, 1.82) is 0 Å². The van der Waals surface area contributed by atoms with E-state index in [0.717, 1.165) is 28.6 Å². The molecule has 106 valence electrons. The largest absolute Gasteiger partial charge is 0.394 e. The van der Waals surface area contributed by atoms with E-state index in [1.54, 1.807) is 0 Å². The summed E-state index contributed by atoms with van der Waals surface area (Å²) in [5.74, 6) is 0. The summed E-state index contributed by atoms with van der Waals surface area (Å²) in [6, 6.07) is 18.2. The Morgan fingerprint density at radius 3 is 2.45 bits per heavy atom. The van der Waals surface area contributed by atoms with E-state index in [4.69, 9.17) is 0 Å². The fraction of sp³-hybridized carbons (Fsp3) is 0.294. The summed E-state index contributed by atoms with van der Waals surface area (Å²) >= 11 is 3.48. The van der Waals surface area contributed by atoms with Crippen molar-refractivity contribution >= 4 is 21.6 Å². The third-order valence-electron chi connectivity index (χ3n) is 3.48. The van der Waals surface area contributed by atoms with Crippen LogP contribution in [0.1, 0.15) is 25.3 Å². The highest BCUT2D eigenvalue weighted by Crippen LogP contribution is 2.31. The van der Waals surface area contributed by atoms with Gasteiger partial charge in [0.2, 0.25) is 0 Å². The standard InChI is InChI=1S/C17H20BrNO/c1-2-11-17(13-20,14-7-4-3-5-8-14)19-16-10-6-9-15(18)12-16/h3-10,12,19-20H,2,11,13H2,1H3. The van der Waals surface area contributed by atoms with E-state index in [9.17, 15) is 5.11 Å². The Bertz CT molecular complexity index is 544. The first kappa shape index (κ1) is 15.1. The third-order valence-corrected chi connectivity index (χ3v) is 3.97. The number of benzene rings is 2. The van der Waals surface area contributed by atoms with Gasteiger partial charge in [-0.25, -0.2) is 0 Å². The van der Waals surface area contributed by atoms with Gasteiger partial charge in [0, 0.05) is 10.2 Å². The van der Waals surface area contributed by atoms with Crippen LogP contribution in [-0.2, 0) is 5.54 Å². The Kier molecular flexibility index (Phi) is 5.21. The maximum absolute atomic E-state index is 10.0. The molecule has 3 heteroatoms. The van der Waals surface area contributed by atoms with Crippen molar-refractivity contribution in [1.82, 2.24) is 0 Å². The van der Waals surface area contributed by atoms with Crippen molar-refractivity contribution in [3.63, 3.8) is 0 Å². The molecular formula is C17H20BrNO. The number of rotatable bonds is 6. The smallest absolute Gasteiger partial charge is 0.0856 e. The Morgan fingerprint density at radius 1 is 1.10 bits per heavy atom. The van der Waals surface area contributed by atoms with Crippen LogP contribution in [0.15, 0.2) is 59.1 Å². The molecule has 0 heterocycles. The molecule has 0 aliphatic heterocycles. The maximum atomic E-state index is 10.0. The molecule has 0 amide bonds. The van der Waals surface area contributed by atoms with E-state index in [0.29, 0.717) is 0 Å². The summed E-state index contributed by atoms with van der Waals surface area (Å²) in [7, 11) is 0. The number of halogens is 1. The average molecular weight is 334 g/mol. The number of aliphatic hydroxyl groups is 1. The Labute approximate surface area is 129 Å². The van der Waals surface area contributed by atoms with E-state index < -0.39 is 5.54 Å². The van der Waals surface area contributed by atoms with Gasteiger partial charge in [-0.2, -0.15) is 0 Å². The molecular weight excluding hydrogens is 314 g/mol. The summed E-state index contributed by atoms with van der Waals surface area (Å²) in [6.45, 7) is 2.20. The Hall–Kier alpha value is -1.32. The number of anilines is 1. The molecule has 20 heavy (non-hydrogen) atoms. The maximum Gasteiger partial charge on any atom is 0.0856 e. The van der Waals surface area contributed by atoms with Gasteiger partial charge in [-0.15, -0.1) is 0 Å². The van der Waals surface area contributed by atoms with Gasteiger partial charge >= 0.3 is 0 Å². The predicted octanol–water partition coefficient (Wildman–Crippen LogP) is 4.55. The van der Waals surface area contributed by atoms with Crippen molar-refractivity contribution < 1.29 is 5.11 Å². The zero-order valence-electron chi connectivity index (χ0n) is 11.6. The third kappa shape index (κ3) is 3.41. The summed E-state index contributed by atoms with van der Waals surface area (Å²) in [5.41, 5.74) is 1.69. The molecule has 0 aliphatic carbocycles. The monoisotopic (exact) mass is 333 g/mol. The molecule has 0 aromatic heterocycles. The first-order valence-electron chi connectivity index (χ1n) is 6.90. The van der Waals surface area contributed by atoms with Crippen LogP contribution in [0.3, 0.4) is 0 Å². The second-order valence-corrected chi connectivity index (χ2v) is 5.91. The summed E-state index contributed by atoms with van der Waals surface area (Å²) < 4.78 is 1.03. The first-order chi connectivity index (χ1) is 9.70. The van der Waals surface area contributed by atoms with E-state index in [-0.39, 0.29) is 6.61 Å². The van der Waals surface area contributed by atoms with Crippen LogP contribution in [0.5, 0.6) is 0 Å². The lowest BCUT2D eigenvalue weighted by atomic mass is 9.86. The summed E-state index contributed by atoms with van der Waals surface area (Å²) in [4.78, 5) is 0. The molecule has 2 rings (SSSR count). The van der Waals surface area contributed by atoms with E-state index in [2.05, 4.69) is 40.3 Å². The topological polar surface area (TPSA) is 32.3 Å². The normalized spacial score (nSPS) is 13.8. The van der Waals surface area contributed by atoms with Crippen molar-refractivity contribution in [2.75, 3.05) is 11.9 Å². The second kappa shape index (κ2) is 6.91. The quantitative estimate of drug-likeness (QED) is 0.812. The minimum atomic E-state index is -0.434. The molecule has 0 fully saturated rings. The fourth-order valence-electron chi connectivity index (χ4n) is 2.52. The SMILES string of the molecule is CCCC(CO)(Nc1cccc(Br)c1)c1ccccc1. The highest BCUT2D eigenvalue weighted by atomic mass is 79.9. The molecule has 1 atom stereocenters. The highest BCUT2D eigenvalue weighted by molar-refractivity contribution is 9.10. The van der Waals surface area contributed by atoms with Gasteiger partial charge in [0.05, 0.1) is 12.1 Å². The van der Waals surface area contributed by atoms with E-state index in [1.807, 2.05) is 42.5 Å². The lowest BCUT2D eigenvalue weighted by Gasteiger charge is -2.34. The molecule has 2 nitrogen and oxygen atoms in total. The van der Waals surface area contributed by atoms with Crippen LogP contribution >= 0.6 is 15.9 Å². The van der Waals surface area contributed by atoms with Crippen molar-refractivity contribution in [3.8, 4) is 0 Å². The molecule has 0 aliphatic rings. The van der Waals surface area contributed by atoms with Crippen LogP contribution in [0.25, 0.3) is 0 Å².